The van der Waals surface area contributed by atoms with Gasteiger partial charge < -0.3 is 4.57 Å². The maximum Gasteiger partial charge on any atom is 0.113 e. The monoisotopic (exact) mass is 445 g/mol. The van der Waals surface area contributed by atoms with Gasteiger partial charge >= 0.3 is 0 Å². The Morgan fingerprint density at radius 3 is 1.97 bits per heavy atom. The third-order valence-electron chi connectivity index (χ3n) is 6.56. The van der Waals surface area contributed by atoms with Crippen molar-refractivity contribution in [2.45, 2.75) is 13.5 Å². The fraction of sp³-hybridized carbons (Fsp3) is 0.100. The van der Waals surface area contributed by atoms with E-state index in [9.17, 15) is 5.26 Å². The quantitative estimate of drug-likeness (QED) is 0.300. The van der Waals surface area contributed by atoms with Crippen LogP contribution in [0.1, 0.15) is 12.5 Å². The molecule has 0 atom stereocenters. The Labute approximate surface area is 196 Å². The van der Waals surface area contributed by atoms with Crippen molar-refractivity contribution in [3.8, 4) is 17.3 Å². The van der Waals surface area contributed by atoms with Crippen LogP contribution in [-0.2, 0) is 6.54 Å². The number of aromatic nitrogens is 1. The van der Waals surface area contributed by atoms with Gasteiger partial charge in [-0.25, -0.2) is 0 Å². The lowest BCUT2D eigenvalue weighted by Gasteiger charge is -2.25. The minimum Gasteiger partial charge on any atom is -0.341 e. The topological polar surface area (TPSA) is 28.7 Å². The molecule has 1 heterocycles. The number of nitrogens with zero attached hydrogens (tertiary/aromatic N) is 2. The van der Waals surface area contributed by atoms with Crippen LogP contribution in [-0.4, -0.2) is 11.2 Å². The van der Waals surface area contributed by atoms with Gasteiger partial charge in [-0.1, -0.05) is 54.6 Å². The van der Waals surface area contributed by atoms with E-state index >= 15 is 0 Å². The van der Waals surface area contributed by atoms with Gasteiger partial charge in [0.15, 0.2) is 0 Å². The predicted octanol–water partition coefficient (Wildman–Crippen LogP) is 6.12. The van der Waals surface area contributed by atoms with Crippen LogP contribution in [0.5, 0.6) is 0 Å². The van der Waals surface area contributed by atoms with Gasteiger partial charge in [-0.15, -0.1) is 0 Å². The van der Waals surface area contributed by atoms with Crippen LogP contribution in [0.2, 0.25) is 0 Å². The molecule has 0 unspecified atom stereocenters. The molecule has 0 spiro atoms. The molecular formula is C30H26N2P+. The van der Waals surface area contributed by atoms with Gasteiger partial charge in [0.1, 0.15) is 23.2 Å². The average Bonchev–Trinajstić information content (AvgIpc) is 3.27. The van der Waals surface area contributed by atoms with Crippen LogP contribution in [0.25, 0.3) is 22.2 Å². The Balaban J connectivity index is 1.82. The van der Waals surface area contributed by atoms with E-state index in [-0.39, 0.29) is 0 Å². The predicted molar refractivity (Wildman–Crippen MR) is 142 cm³/mol. The maximum absolute atomic E-state index is 9.43. The number of fused-ring (bicyclic) bond motifs is 1. The number of hydrogen-bond acceptors (Lipinski definition) is 1. The molecule has 0 amide bonds. The second-order valence-corrected chi connectivity index (χ2v) is 11.9. The minimum atomic E-state index is -1.88. The molecule has 0 saturated carbocycles. The zero-order valence-electron chi connectivity index (χ0n) is 18.9. The van der Waals surface area contributed by atoms with E-state index in [1.54, 1.807) is 0 Å². The summed E-state index contributed by atoms with van der Waals surface area (Å²) in [5.41, 5.74) is 4.27. The van der Waals surface area contributed by atoms with Crippen molar-refractivity contribution >= 4 is 34.1 Å². The Kier molecular flexibility index (Phi) is 5.59. The van der Waals surface area contributed by atoms with Crippen molar-refractivity contribution in [3.63, 3.8) is 0 Å². The highest BCUT2D eigenvalue weighted by Crippen LogP contribution is 2.53. The zero-order valence-corrected chi connectivity index (χ0v) is 19.8. The first kappa shape index (κ1) is 21.2. The van der Waals surface area contributed by atoms with E-state index in [0.717, 1.165) is 12.1 Å². The average molecular weight is 446 g/mol. The van der Waals surface area contributed by atoms with Crippen molar-refractivity contribution < 1.29 is 0 Å². The van der Waals surface area contributed by atoms with Crippen molar-refractivity contribution in [2.24, 2.45) is 0 Å². The molecule has 160 valence electrons. The normalized spacial score (nSPS) is 11.4. The molecule has 0 aliphatic heterocycles. The lowest BCUT2D eigenvalue weighted by Crippen LogP contribution is -2.31. The Morgan fingerprint density at radius 1 is 0.758 bits per heavy atom. The third kappa shape index (κ3) is 3.56. The summed E-state index contributed by atoms with van der Waals surface area (Å²) in [6, 6.07) is 41.2. The molecule has 0 fully saturated rings. The van der Waals surface area contributed by atoms with Crippen LogP contribution >= 0.6 is 7.26 Å². The summed E-state index contributed by atoms with van der Waals surface area (Å²) >= 11 is 0. The van der Waals surface area contributed by atoms with E-state index < -0.39 is 7.26 Å². The number of hydrogen-bond donors (Lipinski definition) is 0. The van der Waals surface area contributed by atoms with Gasteiger partial charge in [-0.05, 0) is 61.5 Å². The van der Waals surface area contributed by atoms with Crippen LogP contribution in [0.15, 0.2) is 109 Å². The minimum absolute atomic E-state index is 0.695. The summed E-state index contributed by atoms with van der Waals surface area (Å²) in [5, 5.41) is 14.7. The van der Waals surface area contributed by atoms with Gasteiger partial charge in [0.2, 0.25) is 0 Å². The molecule has 0 aliphatic rings. The molecule has 0 saturated heterocycles. The molecule has 3 heteroatoms. The fourth-order valence-corrected chi connectivity index (χ4v) is 8.29. The van der Waals surface area contributed by atoms with Crippen LogP contribution in [0, 0.1) is 11.3 Å². The van der Waals surface area contributed by atoms with Gasteiger partial charge in [-0.2, -0.15) is 5.26 Å². The Bertz CT molecular complexity index is 1420. The van der Waals surface area contributed by atoms with Crippen molar-refractivity contribution in [2.75, 3.05) is 6.66 Å². The number of aryl methyl sites for hydroxylation is 1. The van der Waals surface area contributed by atoms with Crippen LogP contribution in [0.4, 0.5) is 0 Å². The molecule has 0 bridgehead atoms. The summed E-state index contributed by atoms with van der Waals surface area (Å²) < 4.78 is 2.34. The molecule has 0 radical (unpaired) electrons. The van der Waals surface area contributed by atoms with E-state index in [4.69, 9.17) is 0 Å². The second-order valence-electron chi connectivity index (χ2n) is 8.35. The van der Waals surface area contributed by atoms with E-state index in [1.165, 1.54) is 32.6 Å². The standard InChI is InChI=1S/C30H26N2P/c1-3-32-28-20-23(22-31)18-19-24(28)21-29(32)27-16-10-11-17-30(27)33(2,25-12-6-4-7-13-25)26-14-8-5-9-15-26/h4-21H,3H2,1-2H3/q+1. The fourth-order valence-electron chi connectivity index (χ4n) is 4.85. The Hall–Kier alpha value is -3.66. The maximum atomic E-state index is 9.43. The van der Waals surface area contributed by atoms with Gasteiger partial charge in [0.05, 0.1) is 24.0 Å². The highest BCUT2D eigenvalue weighted by molar-refractivity contribution is 7.95. The lowest BCUT2D eigenvalue weighted by molar-refractivity contribution is 0.806. The third-order valence-corrected chi connectivity index (χ3v) is 10.6. The molecular weight excluding hydrogens is 419 g/mol. The lowest BCUT2D eigenvalue weighted by atomic mass is 10.1. The zero-order chi connectivity index (χ0) is 22.8. The SMILES string of the molecule is CCn1c(-c2ccccc2[P+](C)(c2ccccc2)c2ccccc2)cc2ccc(C#N)cc21. The molecule has 1 aromatic heterocycles. The van der Waals surface area contributed by atoms with Crippen molar-refractivity contribution in [1.29, 1.82) is 5.26 Å². The molecule has 0 aliphatic carbocycles. The second kappa shape index (κ2) is 8.70. The van der Waals surface area contributed by atoms with Crippen molar-refractivity contribution in [1.82, 2.24) is 4.57 Å². The first-order chi connectivity index (χ1) is 16.2. The summed E-state index contributed by atoms with van der Waals surface area (Å²) in [6.45, 7) is 5.45. The van der Waals surface area contributed by atoms with Gasteiger partial charge in [0, 0.05) is 23.0 Å². The van der Waals surface area contributed by atoms with E-state index in [0.29, 0.717) is 5.56 Å². The van der Waals surface area contributed by atoms with Gasteiger partial charge in [0.25, 0.3) is 0 Å². The number of benzene rings is 4. The molecule has 33 heavy (non-hydrogen) atoms. The highest BCUT2D eigenvalue weighted by atomic mass is 31.2. The van der Waals surface area contributed by atoms with Crippen molar-refractivity contribution in [3.05, 3.63) is 115 Å². The summed E-state index contributed by atoms with van der Waals surface area (Å²) in [6.07, 6.45) is 0. The highest BCUT2D eigenvalue weighted by Gasteiger charge is 2.42. The number of rotatable bonds is 5. The first-order valence-corrected chi connectivity index (χ1v) is 13.5. The van der Waals surface area contributed by atoms with E-state index in [1.807, 2.05) is 12.1 Å². The largest absolute Gasteiger partial charge is 0.341 e. The van der Waals surface area contributed by atoms with Crippen LogP contribution in [0.3, 0.4) is 0 Å². The first-order valence-electron chi connectivity index (χ1n) is 11.3. The summed E-state index contributed by atoms with van der Waals surface area (Å²) in [7, 11) is -1.88. The Morgan fingerprint density at radius 2 is 1.36 bits per heavy atom. The number of nitriles is 1. The molecule has 5 rings (SSSR count). The van der Waals surface area contributed by atoms with Gasteiger partial charge in [-0.3, -0.25) is 0 Å². The summed E-state index contributed by atoms with van der Waals surface area (Å²) in [5.74, 6) is 0. The smallest absolute Gasteiger partial charge is 0.113 e. The molecule has 0 N–H and O–H groups in total. The van der Waals surface area contributed by atoms with E-state index in [2.05, 4.69) is 121 Å². The molecule has 5 aromatic rings. The molecule has 4 aromatic carbocycles. The van der Waals surface area contributed by atoms with Crippen LogP contribution < -0.4 is 15.9 Å². The molecule has 2 nitrogen and oxygen atoms in total. The summed E-state index contributed by atoms with van der Waals surface area (Å²) in [4.78, 5) is 0.